The number of carbonyl (C=O) groups excluding carboxylic acids is 1. The van der Waals surface area contributed by atoms with Gasteiger partial charge in [-0.25, -0.2) is 9.69 Å². The number of carbonyl (C=O) groups is 1. The summed E-state index contributed by atoms with van der Waals surface area (Å²) in [7, 11) is -5.81. The van der Waals surface area contributed by atoms with E-state index in [4.69, 9.17) is 4.74 Å². The van der Waals surface area contributed by atoms with Gasteiger partial charge in [-0.3, -0.25) is 0 Å². The highest BCUT2D eigenvalue weighted by Gasteiger charge is 2.50. The van der Waals surface area contributed by atoms with E-state index in [-0.39, 0.29) is 13.0 Å². The molecule has 0 saturated heterocycles. The van der Waals surface area contributed by atoms with Crippen LogP contribution >= 0.6 is 0 Å². The molecule has 0 saturated carbocycles. The Morgan fingerprint density at radius 2 is 1.85 bits per heavy atom. The van der Waals surface area contributed by atoms with Crippen molar-refractivity contribution in [2.24, 2.45) is 0 Å². The molecule has 0 bridgehead atoms. The Balaban J connectivity index is 2.84. The van der Waals surface area contributed by atoms with Crippen molar-refractivity contribution in [3.63, 3.8) is 0 Å². The number of amides is 1. The van der Waals surface area contributed by atoms with Crippen LogP contribution in [0.15, 0.2) is 12.0 Å². The van der Waals surface area contributed by atoms with Crippen LogP contribution in [0.4, 0.5) is 18.0 Å². The summed E-state index contributed by atoms with van der Waals surface area (Å²) in [4.78, 5) is 12.4. The van der Waals surface area contributed by atoms with Gasteiger partial charge < -0.3 is 8.92 Å². The molecule has 1 amide bonds. The minimum Gasteiger partial charge on any atom is -0.443 e. The maximum Gasteiger partial charge on any atom is 0.534 e. The lowest BCUT2D eigenvalue weighted by atomic mass is 10.2. The first-order valence-electron chi connectivity index (χ1n) is 5.55. The molecule has 0 aliphatic carbocycles. The summed E-state index contributed by atoms with van der Waals surface area (Å²) < 4.78 is 67.3. The van der Waals surface area contributed by atoms with Gasteiger partial charge in [0.2, 0.25) is 5.88 Å². The van der Waals surface area contributed by atoms with Crippen molar-refractivity contribution in [1.29, 1.82) is 0 Å². The van der Waals surface area contributed by atoms with Gasteiger partial charge in [-0.1, -0.05) is 0 Å². The van der Waals surface area contributed by atoms with E-state index >= 15 is 0 Å². The Morgan fingerprint density at radius 1 is 1.30 bits per heavy atom. The highest BCUT2D eigenvalue weighted by atomic mass is 32.2. The van der Waals surface area contributed by atoms with E-state index in [0.717, 1.165) is 6.08 Å². The lowest BCUT2D eigenvalue weighted by molar-refractivity contribution is -0.0538. The molecule has 0 spiro atoms. The molecule has 0 fully saturated rings. The molecule has 10 heteroatoms. The van der Waals surface area contributed by atoms with Crippen LogP contribution in [-0.2, 0) is 19.0 Å². The van der Waals surface area contributed by atoms with Crippen molar-refractivity contribution in [2.45, 2.75) is 38.3 Å². The number of hydrogen-bond donors (Lipinski definition) is 0. The molecule has 0 radical (unpaired) electrons. The van der Waals surface area contributed by atoms with Crippen molar-refractivity contribution >= 4 is 16.2 Å². The molecule has 1 rings (SSSR count). The summed E-state index contributed by atoms with van der Waals surface area (Å²) >= 11 is 0. The lowest BCUT2D eigenvalue weighted by Gasteiger charge is -2.25. The fraction of sp³-hybridized carbons (Fsp3) is 0.700. The third-order valence-corrected chi connectivity index (χ3v) is 2.99. The number of halogens is 3. The summed E-state index contributed by atoms with van der Waals surface area (Å²) in [5.74, 6) is -0.698. The summed E-state index contributed by atoms with van der Waals surface area (Å²) in [5.41, 5.74) is -6.43. The maximum atomic E-state index is 12.2. The van der Waals surface area contributed by atoms with E-state index in [9.17, 15) is 26.4 Å². The van der Waals surface area contributed by atoms with Crippen LogP contribution in [0.3, 0.4) is 0 Å². The summed E-state index contributed by atoms with van der Waals surface area (Å²) in [6.07, 6.45) is 0.272. The van der Waals surface area contributed by atoms with Crippen molar-refractivity contribution in [1.82, 2.24) is 4.90 Å². The van der Waals surface area contributed by atoms with Gasteiger partial charge >= 0.3 is 21.7 Å². The van der Waals surface area contributed by atoms with E-state index in [1.165, 1.54) is 0 Å². The van der Waals surface area contributed by atoms with Crippen LogP contribution in [0.1, 0.15) is 27.2 Å². The van der Waals surface area contributed by atoms with Crippen molar-refractivity contribution in [2.75, 3.05) is 6.54 Å². The molecule has 0 aromatic rings. The zero-order chi connectivity index (χ0) is 15.8. The van der Waals surface area contributed by atoms with Gasteiger partial charge in [0.25, 0.3) is 0 Å². The Kier molecular flexibility index (Phi) is 4.28. The molecular formula is C10H14F3NO5S. The van der Waals surface area contributed by atoms with Gasteiger partial charge in [-0.2, -0.15) is 21.6 Å². The Hall–Kier alpha value is -1.45. The number of ether oxygens (including phenoxy) is 1. The SMILES string of the molecule is CC(C)(C)OC(=O)N1CCC=C1OS(=O)(=O)C(F)(F)F. The minimum absolute atomic E-state index is 0.0162. The second kappa shape index (κ2) is 5.15. The molecule has 0 aromatic heterocycles. The highest BCUT2D eigenvalue weighted by Crippen LogP contribution is 2.29. The van der Waals surface area contributed by atoms with E-state index in [2.05, 4.69) is 4.18 Å². The van der Waals surface area contributed by atoms with Crippen LogP contribution in [0.5, 0.6) is 0 Å². The van der Waals surface area contributed by atoms with Crippen molar-refractivity contribution in [3.8, 4) is 0 Å². The van der Waals surface area contributed by atoms with Crippen LogP contribution in [0, 0.1) is 0 Å². The van der Waals surface area contributed by atoms with Gasteiger partial charge in [0.05, 0.1) is 0 Å². The maximum absolute atomic E-state index is 12.2. The zero-order valence-corrected chi connectivity index (χ0v) is 11.8. The van der Waals surface area contributed by atoms with Gasteiger partial charge in [0.15, 0.2) is 0 Å². The minimum atomic E-state index is -5.81. The number of rotatable bonds is 2. The normalized spacial score (nSPS) is 16.9. The number of hydrogen-bond acceptors (Lipinski definition) is 5. The Bertz CT molecular complexity index is 518. The highest BCUT2D eigenvalue weighted by molar-refractivity contribution is 7.87. The largest absolute Gasteiger partial charge is 0.534 e. The van der Waals surface area contributed by atoms with Gasteiger partial charge in [-0.15, -0.1) is 0 Å². The van der Waals surface area contributed by atoms with Gasteiger partial charge in [0.1, 0.15) is 5.60 Å². The lowest BCUT2D eigenvalue weighted by Crippen LogP contribution is -2.37. The standard InChI is InChI=1S/C10H14F3NO5S/c1-9(2,3)18-8(15)14-6-4-5-7(14)19-20(16,17)10(11,12)13/h5H,4,6H2,1-3H3. The zero-order valence-electron chi connectivity index (χ0n) is 11.0. The first-order chi connectivity index (χ1) is 8.83. The fourth-order valence-electron chi connectivity index (χ4n) is 1.27. The molecule has 0 N–H and O–H groups in total. The summed E-state index contributed by atoms with van der Waals surface area (Å²) in [6.45, 7) is 4.69. The molecule has 0 aromatic carbocycles. The number of nitrogens with zero attached hydrogens (tertiary/aromatic N) is 1. The summed E-state index contributed by atoms with van der Waals surface area (Å²) in [5, 5.41) is 0. The fourth-order valence-corrected chi connectivity index (χ4v) is 1.75. The third-order valence-electron chi connectivity index (χ3n) is 2.03. The molecular weight excluding hydrogens is 303 g/mol. The average Bonchev–Trinajstić information content (AvgIpc) is 2.60. The van der Waals surface area contributed by atoms with Crippen LogP contribution < -0.4 is 0 Å². The first-order valence-corrected chi connectivity index (χ1v) is 6.96. The molecule has 0 atom stereocenters. The predicted octanol–water partition coefficient (Wildman–Crippen LogP) is 2.33. The van der Waals surface area contributed by atoms with Crippen LogP contribution in [0.25, 0.3) is 0 Å². The first kappa shape index (κ1) is 16.6. The van der Waals surface area contributed by atoms with Crippen molar-refractivity contribution < 1.29 is 35.3 Å². The average molecular weight is 317 g/mol. The molecule has 1 heterocycles. The predicted molar refractivity (Wildman–Crippen MR) is 61.7 cm³/mol. The van der Waals surface area contributed by atoms with E-state index in [1.807, 2.05) is 0 Å². The monoisotopic (exact) mass is 317 g/mol. The van der Waals surface area contributed by atoms with Crippen molar-refractivity contribution in [3.05, 3.63) is 12.0 Å². The topological polar surface area (TPSA) is 72.9 Å². The Labute approximate surface area is 114 Å². The summed E-state index contributed by atoms with van der Waals surface area (Å²) in [6, 6.07) is 0. The molecule has 20 heavy (non-hydrogen) atoms. The quantitative estimate of drug-likeness (QED) is 0.577. The van der Waals surface area contributed by atoms with Gasteiger partial charge in [-0.05, 0) is 33.3 Å². The third kappa shape index (κ3) is 4.02. The number of alkyl halides is 3. The van der Waals surface area contributed by atoms with E-state index < -0.39 is 33.2 Å². The van der Waals surface area contributed by atoms with E-state index in [0.29, 0.717) is 4.90 Å². The molecule has 0 unspecified atom stereocenters. The molecule has 1 aliphatic heterocycles. The van der Waals surface area contributed by atoms with E-state index in [1.54, 1.807) is 20.8 Å². The molecule has 1 aliphatic rings. The molecule has 116 valence electrons. The van der Waals surface area contributed by atoms with Crippen LogP contribution in [-0.4, -0.2) is 37.1 Å². The molecule has 6 nitrogen and oxygen atoms in total. The van der Waals surface area contributed by atoms with Crippen LogP contribution in [0.2, 0.25) is 0 Å². The second-order valence-electron chi connectivity index (χ2n) is 4.95. The smallest absolute Gasteiger partial charge is 0.443 e. The Morgan fingerprint density at radius 3 is 2.30 bits per heavy atom. The second-order valence-corrected chi connectivity index (χ2v) is 6.48. The van der Waals surface area contributed by atoms with Gasteiger partial charge in [0, 0.05) is 6.54 Å².